The van der Waals surface area contributed by atoms with E-state index in [1.807, 2.05) is 25.1 Å². The minimum absolute atomic E-state index is 0.0180. The molecular weight excluding hydrogens is 312 g/mol. The van der Waals surface area contributed by atoms with E-state index in [1.165, 1.54) is 5.57 Å². The number of ether oxygens (including phenoxy) is 1. The van der Waals surface area contributed by atoms with Gasteiger partial charge in [-0.05, 0) is 24.8 Å². The average molecular weight is 336 g/mol. The van der Waals surface area contributed by atoms with Gasteiger partial charge < -0.3 is 4.74 Å². The number of aryl methyl sites for hydroxylation is 1. The second-order valence-electron chi connectivity index (χ2n) is 8.02. The Morgan fingerprint density at radius 1 is 1.24 bits per heavy atom. The highest BCUT2D eigenvalue weighted by atomic mass is 16.5. The Hall–Kier alpha value is -2.36. The lowest BCUT2D eigenvalue weighted by atomic mass is 9.65. The normalized spacial score (nSPS) is 21.8. The van der Waals surface area contributed by atoms with Gasteiger partial charge in [-0.3, -0.25) is 9.89 Å². The smallest absolute Gasteiger partial charge is 0.160 e. The minimum Gasteiger partial charge on any atom is -0.496 e. The van der Waals surface area contributed by atoms with Gasteiger partial charge >= 0.3 is 0 Å². The molecule has 0 fully saturated rings. The van der Waals surface area contributed by atoms with Crippen LogP contribution in [0.5, 0.6) is 5.75 Å². The van der Waals surface area contributed by atoms with Crippen molar-refractivity contribution in [2.75, 3.05) is 7.11 Å². The fourth-order valence-electron chi connectivity index (χ4n) is 4.55. The molecule has 2 aliphatic rings. The number of rotatable bonds is 2. The highest BCUT2D eigenvalue weighted by Gasteiger charge is 2.42. The molecule has 0 aliphatic heterocycles. The van der Waals surface area contributed by atoms with E-state index in [4.69, 9.17) is 4.74 Å². The third kappa shape index (κ3) is 2.51. The van der Waals surface area contributed by atoms with Crippen LogP contribution in [0.3, 0.4) is 0 Å². The standard InChI is InChI=1S/C21H24N2O2/c1-12-18-15(23-22-12)9-13-10-21(2,3)11-16(24)19(13)20(18)14-7-5-6-8-17(14)25-4/h5-8,20H,9-11H2,1-4H3,(H,22,23). The summed E-state index contributed by atoms with van der Waals surface area (Å²) >= 11 is 0. The van der Waals surface area contributed by atoms with Gasteiger partial charge in [0.1, 0.15) is 5.75 Å². The summed E-state index contributed by atoms with van der Waals surface area (Å²) in [5.41, 5.74) is 6.54. The lowest BCUT2D eigenvalue weighted by Crippen LogP contribution is -2.32. The summed E-state index contributed by atoms with van der Waals surface area (Å²) in [6.45, 7) is 6.40. The van der Waals surface area contributed by atoms with E-state index in [9.17, 15) is 4.79 Å². The van der Waals surface area contributed by atoms with Crippen LogP contribution < -0.4 is 4.74 Å². The number of nitrogens with one attached hydrogen (secondary N) is 1. The number of H-pyrrole nitrogens is 1. The second-order valence-corrected chi connectivity index (χ2v) is 8.02. The first-order valence-electron chi connectivity index (χ1n) is 8.83. The largest absolute Gasteiger partial charge is 0.496 e. The molecule has 4 heteroatoms. The van der Waals surface area contributed by atoms with Crippen LogP contribution in [0, 0.1) is 12.3 Å². The minimum atomic E-state index is -0.0859. The molecule has 130 valence electrons. The Bertz CT molecular complexity index is 889. The van der Waals surface area contributed by atoms with Crippen LogP contribution >= 0.6 is 0 Å². The van der Waals surface area contributed by atoms with Crippen LogP contribution in [0.1, 0.15) is 55.1 Å². The summed E-state index contributed by atoms with van der Waals surface area (Å²) in [7, 11) is 1.69. The van der Waals surface area contributed by atoms with Crippen LogP contribution in [-0.2, 0) is 11.2 Å². The Labute approximate surface area is 148 Å². The molecule has 0 radical (unpaired) electrons. The van der Waals surface area contributed by atoms with Crippen molar-refractivity contribution in [3.8, 4) is 5.75 Å². The molecule has 1 atom stereocenters. The number of carbonyl (C=O) groups is 1. The van der Waals surface area contributed by atoms with Gasteiger partial charge in [0, 0.05) is 41.2 Å². The monoisotopic (exact) mass is 336 g/mol. The van der Waals surface area contributed by atoms with Gasteiger partial charge in [0.15, 0.2) is 5.78 Å². The number of methoxy groups -OCH3 is 1. The Kier molecular flexibility index (Phi) is 3.60. The van der Waals surface area contributed by atoms with Crippen molar-refractivity contribution in [3.05, 3.63) is 57.9 Å². The zero-order valence-electron chi connectivity index (χ0n) is 15.3. The topological polar surface area (TPSA) is 55.0 Å². The van der Waals surface area contributed by atoms with Gasteiger partial charge in [0.2, 0.25) is 0 Å². The van der Waals surface area contributed by atoms with Gasteiger partial charge in [-0.25, -0.2) is 0 Å². The number of hydrogen-bond donors (Lipinski definition) is 1. The number of allylic oxidation sites excluding steroid dienone is 2. The molecule has 1 aromatic heterocycles. The van der Waals surface area contributed by atoms with Crippen molar-refractivity contribution < 1.29 is 9.53 Å². The van der Waals surface area contributed by atoms with Gasteiger partial charge in [-0.15, -0.1) is 0 Å². The van der Waals surface area contributed by atoms with Crippen molar-refractivity contribution in [1.29, 1.82) is 0 Å². The molecule has 2 aromatic rings. The third-order valence-electron chi connectivity index (χ3n) is 5.49. The Morgan fingerprint density at radius 3 is 2.76 bits per heavy atom. The summed E-state index contributed by atoms with van der Waals surface area (Å²) in [6, 6.07) is 8.02. The number of fused-ring (bicyclic) bond motifs is 1. The molecule has 0 spiro atoms. The Balaban J connectivity index is 1.97. The second kappa shape index (κ2) is 5.58. The van der Waals surface area contributed by atoms with Crippen molar-refractivity contribution in [1.82, 2.24) is 10.2 Å². The molecule has 0 saturated heterocycles. The molecule has 0 saturated carbocycles. The van der Waals surface area contributed by atoms with Crippen LogP contribution in [0.25, 0.3) is 0 Å². The summed E-state index contributed by atoms with van der Waals surface area (Å²) in [5, 5.41) is 7.67. The number of aromatic nitrogens is 2. The van der Waals surface area contributed by atoms with Crippen molar-refractivity contribution in [3.63, 3.8) is 0 Å². The summed E-state index contributed by atoms with van der Waals surface area (Å²) in [5.74, 6) is 1.01. The molecule has 4 rings (SSSR count). The number of para-hydroxylation sites is 1. The van der Waals surface area contributed by atoms with Crippen molar-refractivity contribution >= 4 is 5.78 Å². The van der Waals surface area contributed by atoms with E-state index in [2.05, 4.69) is 30.1 Å². The van der Waals surface area contributed by atoms with Gasteiger partial charge in [0.05, 0.1) is 12.8 Å². The predicted molar refractivity (Wildman–Crippen MR) is 96.9 cm³/mol. The zero-order valence-corrected chi connectivity index (χ0v) is 15.3. The maximum Gasteiger partial charge on any atom is 0.160 e. The van der Waals surface area contributed by atoms with E-state index < -0.39 is 0 Å². The summed E-state index contributed by atoms with van der Waals surface area (Å²) in [4.78, 5) is 13.1. The Morgan fingerprint density at radius 2 is 2.00 bits per heavy atom. The average Bonchev–Trinajstić information content (AvgIpc) is 2.92. The van der Waals surface area contributed by atoms with E-state index in [1.54, 1.807) is 7.11 Å². The fourth-order valence-corrected chi connectivity index (χ4v) is 4.55. The fraction of sp³-hybridized carbons (Fsp3) is 0.429. The van der Waals surface area contributed by atoms with E-state index in [0.29, 0.717) is 6.42 Å². The molecule has 1 heterocycles. The number of hydrogen-bond acceptors (Lipinski definition) is 3. The maximum atomic E-state index is 13.1. The lowest BCUT2D eigenvalue weighted by Gasteiger charge is -2.38. The molecule has 1 unspecified atom stereocenters. The first-order chi connectivity index (χ1) is 11.9. The maximum absolute atomic E-state index is 13.1. The van der Waals surface area contributed by atoms with Crippen LogP contribution in [0.4, 0.5) is 0 Å². The molecule has 1 aromatic carbocycles. The highest BCUT2D eigenvalue weighted by molar-refractivity contribution is 6.00. The summed E-state index contributed by atoms with van der Waals surface area (Å²) in [6.07, 6.45) is 2.32. The van der Waals surface area contributed by atoms with E-state index in [-0.39, 0.29) is 17.1 Å². The number of benzene rings is 1. The first-order valence-corrected chi connectivity index (χ1v) is 8.83. The van der Waals surface area contributed by atoms with E-state index in [0.717, 1.165) is 46.7 Å². The van der Waals surface area contributed by atoms with Crippen molar-refractivity contribution in [2.24, 2.45) is 5.41 Å². The molecule has 4 nitrogen and oxygen atoms in total. The molecule has 0 amide bonds. The lowest BCUT2D eigenvalue weighted by molar-refractivity contribution is -0.118. The SMILES string of the molecule is COc1ccccc1C1C2=C(Cc3n[nH]c(C)c31)CC(C)(C)CC2=O. The van der Waals surface area contributed by atoms with Crippen LogP contribution in [0.2, 0.25) is 0 Å². The van der Waals surface area contributed by atoms with Gasteiger partial charge in [-0.1, -0.05) is 37.6 Å². The number of ketones is 1. The van der Waals surface area contributed by atoms with Crippen LogP contribution in [-0.4, -0.2) is 23.1 Å². The molecule has 25 heavy (non-hydrogen) atoms. The predicted octanol–water partition coefficient (Wildman–Crippen LogP) is 4.10. The quantitative estimate of drug-likeness (QED) is 0.898. The number of nitrogens with zero attached hydrogens (tertiary/aromatic N) is 1. The van der Waals surface area contributed by atoms with Crippen LogP contribution in [0.15, 0.2) is 35.4 Å². The van der Waals surface area contributed by atoms with E-state index >= 15 is 0 Å². The van der Waals surface area contributed by atoms with Gasteiger partial charge in [0.25, 0.3) is 0 Å². The first kappa shape index (κ1) is 16.1. The molecular formula is C21H24N2O2. The molecule has 1 N–H and O–H groups in total. The summed E-state index contributed by atoms with van der Waals surface area (Å²) < 4.78 is 5.62. The highest BCUT2D eigenvalue weighted by Crippen LogP contribution is 2.50. The number of aromatic amines is 1. The number of carbonyl (C=O) groups excluding carboxylic acids is 1. The molecule has 2 aliphatic carbocycles. The van der Waals surface area contributed by atoms with Crippen molar-refractivity contribution in [2.45, 2.75) is 46.0 Å². The zero-order chi connectivity index (χ0) is 17.8. The molecule has 0 bridgehead atoms. The number of Topliss-reactive ketones (excluding diaryl/α,β-unsaturated/α-hetero) is 1. The van der Waals surface area contributed by atoms with Gasteiger partial charge in [-0.2, -0.15) is 5.10 Å². The third-order valence-corrected chi connectivity index (χ3v) is 5.49.